The van der Waals surface area contributed by atoms with E-state index in [2.05, 4.69) is 13.8 Å². The van der Waals surface area contributed by atoms with E-state index in [-0.39, 0.29) is 5.56 Å². The van der Waals surface area contributed by atoms with Gasteiger partial charge >= 0.3 is 5.97 Å². The van der Waals surface area contributed by atoms with Crippen molar-refractivity contribution in [1.82, 2.24) is 0 Å². The van der Waals surface area contributed by atoms with Crippen LogP contribution in [0.3, 0.4) is 0 Å². The van der Waals surface area contributed by atoms with Gasteiger partial charge in [-0.05, 0) is 18.1 Å². The van der Waals surface area contributed by atoms with E-state index in [1.807, 2.05) is 0 Å². The first-order valence-electron chi connectivity index (χ1n) is 5.74. The lowest BCUT2D eigenvalue weighted by Gasteiger charge is -2.13. The van der Waals surface area contributed by atoms with Crippen molar-refractivity contribution in [3.05, 3.63) is 29.6 Å². The molecule has 0 amide bonds. The first kappa shape index (κ1) is 13.5. The van der Waals surface area contributed by atoms with Gasteiger partial charge in [-0.15, -0.1) is 0 Å². The Hall–Kier alpha value is -1.58. The van der Waals surface area contributed by atoms with E-state index in [1.54, 1.807) is 0 Å². The quantitative estimate of drug-likeness (QED) is 0.829. The molecule has 0 aromatic heterocycles. The maximum absolute atomic E-state index is 13.3. The van der Waals surface area contributed by atoms with E-state index >= 15 is 0 Å². The Morgan fingerprint density at radius 2 is 2.06 bits per heavy atom. The fourth-order valence-corrected chi connectivity index (χ4v) is 1.50. The van der Waals surface area contributed by atoms with Gasteiger partial charge in [0.25, 0.3) is 0 Å². The maximum atomic E-state index is 13.3. The van der Waals surface area contributed by atoms with E-state index in [9.17, 15) is 9.18 Å². The third-order valence-corrected chi connectivity index (χ3v) is 2.81. The summed E-state index contributed by atoms with van der Waals surface area (Å²) < 4.78 is 18.8. The summed E-state index contributed by atoms with van der Waals surface area (Å²) >= 11 is 0. The summed E-state index contributed by atoms with van der Waals surface area (Å²) in [4.78, 5) is 10.6. The number of carboxylic acid groups (broad SMARTS) is 1. The number of halogens is 1. The summed E-state index contributed by atoms with van der Waals surface area (Å²) in [5.74, 6) is -1.22. The van der Waals surface area contributed by atoms with Crippen LogP contribution in [0.4, 0.5) is 4.39 Å². The summed E-state index contributed by atoms with van der Waals surface area (Å²) in [5.41, 5.74) is -0.333. The molecule has 1 N–H and O–H groups in total. The smallest absolute Gasteiger partial charge is 0.338 e. The summed E-state index contributed by atoms with van der Waals surface area (Å²) in [7, 11) is 0. The number of benzene rings is 1. The molecule has 4 heteroatoms. The van der Waals surface area contributed by atoms with Crippen LogP contribution in [0.1, 0.15) is 37.0 Å². The van der Waals surface area contributed by atoms with Gasteiger partial charge in [-0.25, -0.2) is 9.18 Å². The molecule has 0 bridgehead atoms. The molecule has 0 unspecified atom stereocenters. The normalized spacial score (nSPS) is 10.6. The second kappa shape index (κ2) is 6.23. The molecule has 0 fully saturated rings. The molecule has 0 atom stereocenters. The topological polar surface area (TPSA) is 46.5 Å². The molecule has 1 rings (SSSR count). The van der Waals surface area contributed by atoms with Crippen molar-refractivity contribution in [3.63, 3.8) is 0 Å². The van der Waals surface area contributed by atoms with E-state index in [0.717, 1.165) is 18.9 Å². The Balaban J connectivity index is 2.67. The fraction of sp³-hybridized carbons (Fsp3) is 0.462. The molecule has 0 aliphatic rings. The second-order valence-electron chi connectivity index (χ2n) is 3.94. The highest BCUT2D eigenvalue weighted by Gasteiger charge is 2.11. The number of ether oxygens (including phenoxy) is 1. The van der Waals surface area contributed by atoms with Crippen LogP contribution < -0.4 is 4.74 Å². The Morgan fingerprint density at radius 1 is 1.41 bits per heavy atom. The molecule has 1 aromatic rings. The SMILES string of the molecule is CCC(CC)COc1ccc(C(=O)O)c(F)c1. The lowest BCUT2D eigenvalue weighted by atomic mass is 10.1. The average molecular weight is 240 g/mol. The fourth-order valence-electron chi connectivity index (χ4n) is 1.50. The van der Waals surface area contributed by atoms with E-state index in [0.29, 0.717) is 18.3 Å². The second-order valence-corrected chi connectivity index (χ2v) is 3.94. The van der Waals surface area contributed by atoms with E-state index in [1.165, 1.54) is 12.1 Å². The molecular weight excluding hydrogens is 223 g/mol. The lowest BCUT2D eigenvalue weighted by molar-refractivity contribution is 0.0692. The number of rotatable bonds is 6. The largest absolute Gasteiger partial charge is 0.493 e. The van der Waals surface area contributed by atoms with Crippen molar-refractivity contribution in [2.75, 3.05) is 6.61 Å². The highest BCUT2D eigenvalue weighted by Crippen LogP contribution is 2.18. The van der Waals surface area contributed by atoms with Crippen molar-refractivity contribution >= 4 is 5.97 Å². The van der Waals surface area contributed by atoms with Gasteiger partial charge in [-0.2, -0.15) is 0 Å². The van der Waals surface area contributed by atoms with Gasteiger partial charge in [0.15, 0.2) is 0 Å². The highest BCUT2D eigenvalue weighted by molar-refractivity contribution is 5.88. The third-order valence-electron chi connectivity index (χ3n) is 2.81. The molecule has 0 aliphatic carbocycles. The van der Waals surface area contributed by atoms with Gasteiger partial charge in [0, 0.05) is 6.07 Å². The van der Waals surface area contributed by atoms with Gasteiger partial charge < -0.3 is 9.84 Å². The minimum Gasteiger partial charge on any atom is -0.493 e. The van der Waals surface area contributed by atoms with Gasteiger partial charge in [0.05, 0.1) is 12.2 Å². The van der Waals surface area contributed by atoms with Crippen LogP contribution in [-0.2, 0) is 0 Å². The number of hydrogen-bond donors (Lipinski definition) is 1. The Bertz CT molecular complexity index is 386. The number of aromatic carboxylic acids is 1. The van der Waals surface area contributed by atoms with Gasteiger partial charge in [-0.3, -0.25) is 0 Å². The van der Waals surface area contributed by atoms with Crippen LogP contribution in [0, 0.1) is 11.7 Å². The average Bonchev–Trinajstić information content (AvgIpc) is 2.30. The predicted octanol–water partition coefficient (Wildman–Crippen LogP) is 3.34. The van der Waals surface area contributed by atoms with Crippen LogP contribution in [0.15, 0.2) is 18.2 Å². The van der Waals surface area contributed by atoms with Crippen LogP contribution in [0.25, 0.3) is 0 Å². The molecule has 0 heterocycles. The van der Waals surface area contributed by atoms with Crippen molar-refractivity contribution in [2.45, 2.75) is 26.7 Å². The zero-order valence-corrected chi connectivity index (χ0v) is 10.1. The van der Waals surface area contributed by atoms with Crippen molar-refractivity contribution < 1.29 is 19.0 Å². The summed E-state index contributed by atoms with van der Waals surface area (Å²) in [6.07, 6.45) is 2.01. The molecule has 0 spiro atoms. The first-order chi connectivity index (χ1) is 8.08. The van der Waals surface area contributed by atoms with Gasteiger partial charge in [-0.1, -0.05) is 26.7 Å². The molecule has 3 nitrogen and oxygen atoms in total. The molecule has 0 saturated carbocycles. The molecule has 0 saturated heterocycles. The van der Waals surface area contributed by atoms with Crippen LogP contribution in [0.5, 0.6) is 5.75 Å². The Morgan fingerprint density at radius 3 is 2.53 bits per heavy atom. The van der Waals surface area contributed by atoms with E-state index in [4.69, 9.17) is 9.84 Å². The third kappa shape index (κ3) is 3.73. The van der Waals surface area contributed by atoms with Gasteiger partial charge in [0.2, 0.25) is 0 Å². The summed E-state index contributed by atoms with van der Waals surface area (Å²) in [6.45, 7) is 4.68. The van der Waals surface area contributed by atoms with Crippen molar-refractivity contribution in [1.29, 1.82) is 0 Å². The molecule has 0 radical (unpaired) electrons. The molecule has 0 aliphatic heterocycles. The maximum Gasteiger partial charge on any atom is 0.338 e. The predicted molar refractivity (Wildman–Crippen MR) is 62.9 cm³/mol. The monoisotopic (exact) mass is 240 g/mol. The Labute approximate surface area is 100 Å². The van der Waals surface area contributed by atoms with E-state index < -0.39 is 11.8 Å². The molecule has 1 aromatic carbocycles. The van der Waals surface area contributed by atoms with Crippen LogP contribution in [-0.4, -0.2) is 17.7 Å². The van der Waals surface area contributed by atoms with Crippen LogP contribution >= 0.6 is 0 Å². The van der Waals surface area contributed by atoms with Crippen LogP contribution in [0.2, 0.25) is 0 Å². The molecule has 17 heavy (non-hydrogen) atoms. The van der Waals surface area contributed by atoms with Crippen molar-refractivity contribution in [2.24, 2.45) is 5.92 Å². The minimum atomic E-state index is -1.27. The Kier molecular flexibility index (Phi) is 4.94. The summed E-state index contributed by atoms with van der Waals surface area (Å²) in [6, 6.07) is 3.82. The number of carbonyl (C=O) groups is 1. The number of carboxylic acids is 1. The zero-order chi connectivity index (χ0) is 12.8. The standard InChI is InChI=1S/C13H17FO3/c1-3-9(4-2)8-17-10-5-6-11(13(15)16)12(14)7-10/h5-7,9H,3-4,8H2,1-2H3,(H,15,16). The number of hydrogen-bond acceptors (Lipinski definition) is 2. The lowest BCUT2D eigenvalue weighted by Crippen LogP contribution is -2.10. The van der Waals surface area contributed by atoms with Crippen molar-refractivity contribution in [3.8, 4) is 5.75 Å². The molecule has 94 valence electrons. The van der Waals surface area contributed by atoms with Gasteiger partial charge in [0.1, 0.15) is 11.6 Å². The minimum absolute atomic E-state index is 0.333. The molecular formula is C13H17FO3. The summed E-state index contributed by atoms with van der Waals surface area (Å²) in [5, 5.41) is 8.67. The highest BCUT2D eigenvalue weighted by atomic mass is 19.1. The first-order valence-corrected chi connectivity index (χ1v) is 5.74. The zero-order valence-electron chi connectivity index (χ0n) is 10.1.